The molecule has 0 aliphatic rings. The number of nitrogens with zero attached hydrogens (tertiary/aromatic N) is 2. The lowest BCUT2D eigenvalue weighted by atomic mass is 10.0. The average Bonchev–Trinajstić information content (AvgIpc) is 2.37. The van der Waals surface area contributed by atoms with Gasteiger partial charge in [0.1, 0.15) is 24.6 Å². The van der Waals surface area contributed by atoms with Gasteiger partial charge in [0.25, 0.3) is 0 Å². The van der Waals surface area contributed by atoms with Crippen LogP contribution in [-0.4, -0.2) is 42.7 Å². The first-order valence-corrected chi connectivity index (χ1v) is 6.18. The zero-order valence-corrected chi connectivity index (χ0v) is 11.6. The Bertz CT molecular complexity index is 423. The molecular weight excluding hydrogens is 246 g/mol. The van der Waals surface area contributed by atoms with E-state index in [2.05, 4.69) is 34.4 Å². The van der Waals surface area contributed by atoms with Gasteiger partial charge in [0.15, 0.2) is 0 Å². The Morgan fingerprint density at radius 2 is 2.11 bits per heavy atom. The van der Waals surface area contributed by atoms with Crippen LogP contribution in [0.2, 0.25) is 0 Å². The van der Waals surface area contributed by atoms with E-state index >= 15 is 0 Å². The molecule has 19 heavy (non-hydrogen) atoms. The zero-order valence-electron chi connectivity index (χ0n) is 11.6. The molecule has 0 aliphatic heterocycles. The maximum atomic E-state index is 10.5. The van der Waals surface area contributed by atoms with Crippen molar-refractivity contribution in [2.75, 3.05) is 37.4 Å². The number of hydrogen-bond donors (Lipinski definition) is 3. The molecule has 0 aliphatic carbocycles. The van der Waals surface area contributed by atoms with Crippen LogP contribution in [0.15, 0.2) is 6.33 Å². The largest absolute Gasteiger partial charge is 0.373 e. The Balaban J connectivity index is 2.60. The van der Waals surface area contributed by atoms with Crippen molar-refractivity contribution in [3.8, 4) is 0 Å². The molecule has 0 bridgehead atoms. The third-order valence-electron chi connectivity index (χ3n) is 2.48. The Morgan fingerprint density at radius 3 is 2.68 bits per heavy atom. The molecule has 1 heterocycles. The molecule has 7 nitrogen and oxygen atoms in total. The molecular formula is C12H21N5O2. The molecule has 0 fully saturated rings. The second-order valence-electron chi connectivity index (χ2n) is 4.33. The third-order valence-corrected chi connectivity index (χ3v) is 2.48. The Morgan fingerprint density at radius 1 is 1.42 bits per heavy atom. The van der Waals surface area contributed by atoms with Crippen molar-refractivity contribution in [2.24, 2.45) is 5.73 Å². The number of hydrogen-bond acceptors (Lipinski definition) is 6. The fraction of sp³-hybridized carbons (Fsp3) is 0.583. The van der Waals surface area contributed by atoms with E-state index < -0.39 is 5.91 Å². The summed E-state index contributed by atoms with van der Waals surface area (Å²) in [7, 11) is 1.83. The SMILES string of the molecule is CNc1ncnc(NCCOCC(N)=O)c1C(C)C. The Hall–Kier alpha value is -1.89. The fourth-order valence-corrected chi connectivity index (χ4v) is 1.70. The molecule has 1 aromatic heterocycles. The molecule has 0 saturated carbocycles. The van der Waals surface area contributed by atoms with Crippen molar-refractivity contribution in [2.45, 2.75) is 19.8 Å². The summed E-state index contributed by atoms with van der Waals surface area (Å²) in [6, 6.07) is 0. The summed E-state index contributed by atoms with van der Waals surface area (Å²) in [5.74, 6) is 1.41. The molecule has 0 atom stereocenters. The number of nitrogens with two attached hydrogens (primary N) is 1. The summed E-state index contributed by atoms with van der Waals surface area (Å²) in [4.78, 5) is 18.9. The van der Waals surface area contributed by atoms with Crippen LogP contribution in [0.3, 0.4) is 0 Å². The maximum absolute atomic E-state index is 10.5. The lowest BCUT2D eigenvalue weighted by Crippen LogP contribution is -2.21. The van der Waals surface area contributed by atoms with E-state index in [4.69, 9.17) is 10.5 Å². The molecule has 0 aromatic carbocycles. The first-order chi connectivity index (χ1) is 9.06. The lowest BCUT2D eigenvalue weighted by Gasteiger charge is -2.16. The van der Waals surface area contributed by atoms with Crippen LogP contribution >= 0.6 is 0 Å². The fourth-order valence-electron chi connectivity index (χ4n) is 1.70. The Kier molecular flexibility index (Phi) is 6.01. The van der Waals surface area contributed by atoms with Gasteiger partial charge in [0, 0.05) is 19.2 Å². The topological polar surface area (TPSA) is 102 Å². The van der Waals surface area contributed by atoms with E-state index in [0.29, 0.717) is 13.2 Å². The minimum atomic E-state index is -0.470. The second kappa shape index (κ2) is 7.52. The highest BCUT2D eigenvalue weighted by atomic mass is 16.5. The van der Waals surface area contributed by atoms with Gasteiger partial charge in [-0.3, -0.25) is 4.79 Å². The summed E-state index contributed by atoms with van der Waals surface area (Å²) in [5, 5.41) is 6.23. The molecule has 1 aromatic rings. The summed E-state index contributed by atoms with van der Waals surface area (Å²) in [6.45, 7) is 5.03. The lowest BCUT2D eigenvalue weighted by molar-refractivity contribution is -0.122. The van der Waals surface area contributed by atoms with Gasteiger partial charge in [-0.1, -0.05) is 13.8 Å². The Labute approximate surface area is 113 Å². The van der Waals surface area contributed by atoms with Crippen LogP contribution in [0.4, 0.5) is 11.6 Å². The second-order valence-corrected chi connectivity index (χ2v) is 4.33. The molecule has 106 valence electrons. The molecule has 1 amide bonds. The monoisotopic (exact) mass is 267 g/mol. The number of carbonyl (C=O) groups excluding carboxylic acids is 1. The van der Waals surface area contributed by atoms with E-state index in [1.807, 2.05) is 7.05 Å². The normalized spacial score (nSPS) is 10.5. The number of rotatable bonds is 8. The van der Waals surface area contributed by atoms with Gasteiger partial charge in [0.2, 0.25) is 5.91 Å². The number of aromatic nitrogens is 2. The summed E-state index contributed by atoms with van der Waals surface area (Å²) >= 11 is 0. The van der Waals surface area contributed by atoms with Gasteiger partial charge in [-0.15, -0.1) is 0 Å². The minimum Gasteiger partial charge on any atom is -0.373 e. The van der Waals surface area contributed by atoms with Gasteiger partial charge in [-0.25, -0.2) is 9.97 Å². The predicted octanol–water partition coefficient (Wildman–Crippen LogP) is 0.555. The zero-order chi connectivity index (χ0) is 14.3. The van der Waals surface area contributed by atoms with Crippen LogP contribution in [0.25, 0.3) is 0 Å². The molecule has 4 N–H and O–H groups in total. The van der Waals surface area contributed by atoms with Gasteiger partial charge < -0.3 is 21.1 Å². The summed E-state index contributed by atoms with van der Waals surface area (Å²) < 4.78 is 5.08. The minimum absolute atomic E-state index is 0.0652. The highest BCUT2D eigenvalue weighted by Gasteiger charge is 2.13. The molecule has 0 saturated heterocycles. The highest BCUT2D eigenvalue weighted by molar-refractivity contribution is 5.74. The maximum Gasteiger partial charge on any atom is 0.243 e. The van der Waals surface area contributed by atoms with Crippen molar-refractivity contribution >= 4 is 17.5 Å². The molecule has 0 radical (unpaired) electrons. The molecule has 0 unspecified atom stereocenters. The number of carbonyl (C=O) groups is 1. The van der Waals surface area contributed by atoms with Crippen LogP contribution in [0.5, 0.6) is 0 Å². The van der Waals surface area contributed by atoms with E-state index in [1.54, 1.807) is 0 Å². The number of primary amides is 1. The van der Waals surface area contributed by atoms with Gasteiger partial charge >= 0.3 is 0 Å². The highest BCUT2D eigenvalue weighted by Crippen LogP contribution is 2.27. The summed E-state index contributed by atoms with van der Waals surface area (Å²) in [6.07, 6.45) is 1.50. The van der Waals surface area contributed by atoms with E-state index in [1.165, 1.54) is 6.33 Å². The first kappa shape index (κ1) is 15.2. The van der Waals surface area contributed by atoms with Crippen molar-refractivity contribution in [3.05, 3.63) is 11.9 Å². The van der Waals surface area contributed by atoms with Crippen molar-refractivity contribution in [3.63, 3.8) is 0 Å². The number of amides is 1. The van der Waals surface area contributed by atoms with Crippen LogP contribution < -0.4 is 16.4 Å². The van der Waals surface area contributed by atoms with E-state index in [0.717, 1.165) is 17.2 Å². The van der Waals surface area contributed by atoms with Gasteiger partial charge in [-0.2, -0.15) is 0 Å². The summed E-state index contributed by atoms with van der Waals surface area (Å²) in [5.41, 5.74) is 6.00. The van der Waals surface area contributed by atoms with Gasteiger partial charge in [-0.05, 0) is 5.92 Å². The number of ether oxygens (including phenoxy) is 1. The molecule has 0 spiro atoms. The van der Waals surface area contributed by atoms with Crippen LogP contribution in [-0.2, 0) is 9.53 Å². The predicted molar refractivity (Wildman–Crippen MR) is 74.2 cm³/mol. The average molecular weight is 267 g/mol. The number of anilines is 2. The molecule has 7 heteroatoms. The van der Waals surface area contributed by atoms with E-state index in [-0.39, 0.29) is 12.5 Å². The molecule has 1 rings (SSSR count). The van der Waals surface area contributed by atoms with E-state index in [9.17, 15) is 4.79 Å². The van der Waals surface area contributed by atoms with Crippen molar-refractivity contribution in [1.29, 1.82) is 0 Å². The van der Waals surface area contributed by atoms with Gasteiger partial charge in [0.05, 0.1) is 6.61 Å². The quantitative estimate of drug-likeness (QED) is 0.595. The third kappa shape index (κ3) is 4.70. The van der Waals surface area contributed by atoms with Crippen LogP contribution in [0, 0.1) is 0 Å². The smallest absolute Gasteiger partial charge is 0.243 e. The standard InChI is InChI=1S/C12H21N5O2/c1-8(2)10-11(14-3)16-7-17-12(10)15-4-5-19-6-9(13)18/h7-8H,4-6H2,1-3H3,(H2,13,18)(H2,14,15,16,17). The van der Waals surface area contributed by atoms with Crippen LogP contribution in [0.1, 0.15) is 25.3 Å². The first-order valence-electron chi connectivity index (χ1n) is 6.18. The van der Waals surface area contributed by atoms with Crippen molar-refractivity contribution in [1.82, 2.24) is 9.97 Å². The number of nitrogens with one attached hydrogen (secondary N) is 2. The van der Waals surface area contributed by atoms with Crippen molar-refractivity contribution < 1.29 is 9.53 Å².